The fourth-order valence-corrected chi connectivity index (χ4v) is 3.00. The van der Waals surface area contributed by atoms with Gasteiger partial charge < -0.3 is 9.32 Å². The maximum Gasteiger partial charge on any atom is 0.245 e. The smallest absolute Gasteiger partial charge is 0.245 e. The maximum atomic E-state index is 6.11. The van der Waals surface area contributed by atoms with Crippen LogP contribution in [0.3, 0.4) is 0 Å². The van der Waals surface area contributed by atoms with Gasteiger partial charge in [0.15, 0.2) is 0 Å². The van der Waals surface area contributed by atoms with Crippen LogP contribution in [0.5, 0.6) is 0 Å². The predicted molar refractivity (Wildman–Crippen MR) is 88.4 cm³/mol. The Morgan fingerprint density at radius 3 is 3.00 bits per heavy atom. The van der Waals surface area contributed by atoms with Gasteiger partial charge in [-0.05, 0) is 30.7 Å². The van der Waals surface area contributed by atoms with Gasteiger partial charge in [-0.3, -0.25) is 0 Å². The standard InChI is InChI=1S/C17H15ClN4O/c18-12-3-1-4-13(9-12)22-8-2-5-16-15(10-22)21-17(23-16)14-6-7-19-11-20-14/h1,3-4,6-7,9,11H,2,5,8,10H2. The number of aryl methyl sites for hydroxylation is 1. The van der Waals surface area contributed by atoms with Crippen LogP contribution in [-0.4, -0.2) is 21.5 Å². The molecular weight excluding hydrogens is 312 g/mol. The maximum absolute atomic E-state index is 6.11. The minimum atomic E-state index is 0.561. The van der Waals surface area contributed by atoms with E-state index in [4.69, 9.17) is 16.0 Å². The molecule has 0 bridgehead atoms. The number of rotatable bonds is 2. The zero-order valence-electron chi connectivity index (χ0n) is 12.4. The molecule has 1 aromatic carbocycles. The van der Waals surface area contributed by atoms with E-state index in [2.05, 4.69) is 25.9 Å². The summed E-state index contributed by atoms with van der Waals surface area (Å²) < 4.78 is 5.93. The van der Waals surface area contributed by atoms with Gasteiger partial charge in [-0.2, -0.15) is 0 Å². The van der Waals surface area contributed by atoms with Crippen LogP contribution < -0.4 is 4.90 Å². The van der Waals surface area contributed by atoms with E-state index in [-0.39, 0.29) is 0 Å². The summed E-state index contributed by atoms with van der Waals surface area (Å²) in [5, 5.41) is 0.744. The van der Waals surface area contributed by atoms with Gasteiger partial charge in [0.1, 0.15) is 23.5 Å². The molecule has 23 heavy (non-hydrogen) atoms. The molecule has 0 N–H and O–H groups in total. The summed E-state index contributed by atoms with van der Waals surface area (Å²) in [7, 11) is 0. The molecule has 0 fully saturated rings. The molecule has 1 aliphatic rings. The van der Waals surface area contributed by atoms with E-state index in [1.165, 1.54) is 6.33 Å². The van der Waals surface area contributed by atoms with E-state index >= 15 is 0 Å². The van der Waals surface area contributed by atoms with Crippen LogP contribution in [0.25, 0.3) is 11.6 Å². The number of hydrogen-bond acceptors (Lipinski definition) is 5. The van der Waals surface area contributed by atoms with Gasteiger partial charge in [0.2, 0.25) is 5.89 Å². The second-order valence-electron chi connectivity index (χ2n) is 5.49. The molecule has 3 heterocycles. The molecule has 0 amide bonds. The third kappa shape index (κ3) is 2.92. The lowest BCUT2D eigenvalue weighted by Gasteiger charge is -2.22. The van der Waals surface area contributed by atoms with Crippen molar-refractivity contribution in [3.05, 3.63) is 59.3 Å². The van der Waals surface area contributed by atoms with Crippen molar-refractivity contribution in [2.24, 2.45) is 0 Å². The van der Waals surface area contributed by atoms with Gasteiger partial charge in [0.05, 0.1) is 6.54 Å². The molecule has 116 valence electrons. The van der Waals surface area contributed by atoms with E-state index in [9.17, 15) is 0 Å². The van der Waals surface area contributed by atoms with Gasteiger partial charge in [0.25, 0.3) is 0 Å². The predicted octanol–water partition coefficient (Wildman–Crippen LogP) is 3.74. The lowest BCUT2D eigenvalue weighted by Crippen LogP contribution is -2.22. The lowest BCUT2D eigenvalue weighted by molar-refractivity contribution is 0.511. The molecule has 5 nitrogen and oxygen atoms in total. The third-order valence-corrected chi connectivity index (χ3v) is 4.16. The molecule has 0 aliphatic carbocycles. The molecule has 3 aromatic rings. The van der Waals surface area contributed by atoms with Crippen LogP contribution in [0.2, 0.25) is 5.02 Å². The minimum Gasteiger partial charge on any atom is -0.440 e. The lowest BCUT2D eigenvalue weighted by atomic mass is 10.2. The monoisotopic (exact) mass is 326 g/mol. The van der Waals surface area contributed by atoms with Gasteiger partial charge in [-0.1, -0.05) is 17.7 Å². The Labute approximate surface area is 139 Å². The zero-order valence-corrected chi connectivity index (χ0v) is 13.2. The van der Waals surface area contributed by atoms with E-state index in [1.807, 2.05) is 18.2 Å². The number of aromatic nitrogens is 3. The highest BCUT2D eigenvalue weighted by Crippen LogP contribution is 2.28. The normalized spacial score (nSPS) is 14.4. The Morgan fingerprint density at radius 2 is 2.17 bits per heavy atom. The summed E-state index contributed by atoms with van der Waals surface area (Å²) in [5.41, 5.74) is 2.79. The second kappa shape index (κ2) is 6.01. The molecule has 6 heteroatoms. The Bertz CT molecular complexity index is 818. The van der Waals surface area contributed by atoms with Crippen LogP contribution >= 0.6 is 11.6 Å². The number of oxazole rings is 1. The Balaban J connectivity index is 1.65. The van der Waals surface area contributed by atoms with E-state index in [1.54, 1.807) is 12.3 Å². The van der Waals surface area contributed by atoms with Crippen LogP contribution in [-0.2, 0) is 13.0 Å². The number of fused-ring (bicyclic) bond motifs is 1. The Hall–Kier alpha value is -2.40. The molecule has 1 aliphatic heterocycles. The van der Waals surface area contributed by atoms with Crippen molar-refractivity contribution in [1.29, 1.82) is 0 Å². The van der Waals surface area contributed by atoms with Crippen LogP contribution in [0.1, 0.15) is 17.9 Å². The molecule has 0 spiro atoms. The summed E-state index contributed by atoms with van der Waals surface area (Å²) >= 11 is 6.11. The highest BCUT2D eigenvalue weighted by atomic mass is 35.5. The van der Waals surface area contributed by atoms with Gasteiger partial charge in [0, 0.05) is 29.9 Å². The second-order valence-corrected chi connectivity index (χ2v) is 5.92. The zero-order chi connectivity index (χ0) is 15.6. The van der Waals surface area contributed by atoms with Crippen molar-refractivity contribution in [2.45, 2.75) is 19.4 Å². The van der Waals surface area contributed by atoms with Crippen molar-refractivity contribution in [2.75, 3.05) is 11.4 Å². The van der Waals surface area contributed by atoms with Gasteiger partial charge >= 0.3 is 0 Å². The minimum absolute atomic E-state index is 0.561. The van der Waals surface area contributed by atoms with E-state index in [0.717, 1.165) is 41.6 Å². The summed E-state index contributed by atoms with van der Waals surface area (Å²) in [6.45, 7) is 1.67. The highest BCUT2D eigenvalue weighted by Gasteiger charge is 2.21. The van der Waals surface area contributed by atoms with Crippen molar-refractivity contribution in [3.8, 4) is 11.6 Å². The highest BCUT2D eigenvalue weighted by molar-refractivity contribution is 6.30. The van der Waals surface area contributed by atoms with Crippen LogP contribution in [0, 0.1) is 0 Å². The molecule has 0 radical (unpaired) electrons. The number of halogens is 1. The average Bonchev–Trinajstić information content (AvgIpc) is 2.87. The van der Waals surface area contributed by atoms with E-state index < -0.39 is 0 Å². The summed E-state index contributed by atoms with van der Waals surface area (Å²) in [4.78, 5) is 15.1. The first kappa shape index (κ1) is 14.2. The summed E-state index contributed by atoms with van der Waals surface area (Å²) in [6, 6.07) is 9.72. The van der Waals surface area contributed by atoms with Gasteiger partial charge in [-0.15, -0.1) is 0 Å². The Morgan fingerprint density at radius 1 is 1.22 bits per heavy atom. The van der Waals surface area contributed by atoms with Crippen molar-refractivity contribution in [3.63, 3.8) is 0 Å². The van der Waals surface area contributed by atoms with Crippen LogP contribution in [0.15, 0.2) is 47.3 Å². The van der Waals surface area contributed by atoms with Crippen molar-refractivity contribution < 1.29 is 4.42 Å². The fraction of sp³-hybridized carbons (Fsp3) is 0.235. The topological polar surface area (TPSA) is 55.1 Å². The quantitative estimate of drug-likeness (QED) is 0.718. The molecule has 2 aromatic heterocycles. The molecule has 0 saturated heterocycles. The molecule has 4 rings (SSSR count). The molecular formula is C17H15ClN4O. The molecule has 0 saturated carbocycles. The number of nitrogens with zero attached hydrogens (tertiary/aromatic N) is 4. The first-order valence-electron chi connectivity index (χ1n) is 7.55. The average molecular weight is 327 g/mol. The largest absolute Gasteiger partial charge is 0.440 e. The van der Waals surface area contributed by atoms with Gasteiger partial charge in [-0.25, -0.2) is 15.0 Å². The fourth-order valence-electron chi connectivity index (χ4n) is 2.81. The number of hydrogen-bond donors (Lipinski definition) is 0. The molecule has 0 unspecified atom stereocenters. The van der Waals surface area contributed by atoms with Crippen LogP contribution in [0.4, 0.5) is 5.69 Å². The van der Waals surface area contributed by atoms with E-state index in [0.29, 0.717) is 18.1 Å². The SMILES string of the molecule is Clc1cccc(N2CCCc3oc(-c4ccncn4)nc3C2)c1. The third-order valence-electron chi connectivity index (χ3n) is 3.93. The summed E-state index contributed by atoms with van der Waals surface area (Å²) in [5.74, 6) is 1.51. The van der Waals surface area contributed by atoms with Crippen molar-refractivity contribution in [1.82, 2.24) is 15.0 Å². The first-order valence-corrected chi connectivity index (χ1v) is 7.93. The number of anilines is 1. The Kier molecular flexibility index (Phi) is 3.71. The van der Waals surface area contributed by atoms with Crippen molar-refractivity contribution >= 4 is 17.3 Å². The first-order chi connectivity index (χ1) is 11.3. The summed E-state index contributed by atoms with van der Waals surface area (Å²) in [6.07, 6.45) is 5.08. The molecule has 0 atom stereocenters. The number of benzene rings is 1.